The van der Waals surface area contributed by atoms with Crippen molar-refractivity contribution in [2.24, 2.45) is 0 Å². The second-order valence-electron chi connectivity index (χ2n) is 4.59. The van der Waals surface area contributed by atoms with Crippen molar-refractivity contribution < 1.29 is 4.74 Å². The quantitative estimate of drug-likeness (QED) is 0.442. The summed E-state index contributed by atoms with van der Waals surface area (Å²) >= 11 is 0. The Morgan fingerprint density at radius 2 is 1.40 bits per heavy atom. The Bertz CT molecular complexity index is 112. The number of unbranched alkanes of at least 4 members (excludes halogenated alkanes) is 6. The Hall–Kier alpha value is -0.0400. The molecule has 1 atom stereocenters. The molecule has 1 nitrogen and oxygen atoms in total. The summed E-state index contributed by atoms with van der Waals surface area (Å²) in [5, 5.41) is 0. The lowest BCUT2D eigenvalue weighted by Crippen LogP contribution is -2.08. The molecule has 0 fully saturated rings. The molecular weight excluding hydrogens is 184 g/mol. The molecular formula is C14H30O. The molecule has 0 heterocycles. The summed E-state index contributed by atoms with van der Waals surface area (Å²) in [6.45, 7) is 7.57. The standard InChI is InChI=1S/C14H30O/c1-4-6-7-8-9-10-11-12-14(3)15-13-5-2/h14H,4-13H2,1-3H3. The van der Waals surface area contributed by atoms with Gasteiger partial charge in [0.25, 0.3) is 0 Å². The first kappa shape index (κ1) is 15.0. The fourth-order valence-corrected chi connectivity index (χ4v) is 1.79. The van der Waals surface area contributed by atoms with Gasteiger partial charge in [-0.15, -0.1) is 0 Å². The fraction of sp³-hybridized carbons (Fsp3) is 1.00. The third-order valence-corrected chi connectivity index (χ3v) is 2.82. The Morgan fingerprint density at radius 1 is 0.800 bits per heavy atom. The van der Waals surface area contributed by atoms with E-state index in [0.717, 1.165) is 13.0 Å². The van der Waals surface area contributed by atoms with Gasteiger partial charge in [-0.3, -0.25) is 0 Å². The van der Waals surface area contributed by atoms with Crippen molar-refractivity contribution in [3.05, 3.63) is 0 Å². The molecule has 0 N–H and O–H groups in total. The van der Waals surface area contributed by atoms with Gasteiger partial charge in [0.2, 0.25) is 0 Å². The van der Waals surface area contributed by atoms with Crippen molar-refractivity contribution >= 4 is 0 Å². The van der Waals surface area contributed by atoms with E-state index in [1.807, 2.05) is 0 Å². The van der Waals surface area contributed by atoms with E-state index in [4.69, 9.17) is 4.74 Å². The van der Waals surface area contributed by atoms with Crippen LogP contribution >= 0.6 is 0 Å². The summed E-state index contributed by atoms with van der Waals surface area (Å²) < 4.78 is 5.64. The zero-order valence-corrected chi connectivity index (χ0v) is 11.1. The second kappa shape index (κ2) is 12.0. The van der Waals surface area contributed by atoms with Gasteiger partial charge in [0, 0.05) is 6.61 Å². The molecule has 1 unspecified atom stereocenters. The van der Waals surface area contributed by atoms with Gasteiger partial charge in [-0.2, -0.15) is 0 Å². The van der Waals surface area contributed by atoms with Gasteiger partial charge in [-0.1, -0.05) is 58.8 Å². The Morgan fingerprint density at radius 3 is 2.00 bits per heavy atom. The molecule has 0 spiro atoms. The molecule has 0 aliphatic rings. The summed E-state index contributed by atoms with van der Waals surface area (Å²) in [5.74, 6) is 0. The highest BCUT2D eigenvalue weighted by Crippen LogP contribution is 2.10. The second-order valence-corrected chi connectivity index (χ2v) is 4.59. The minimum Gasteiger partial charge on any atom is -0.379 e. The maximum atomic E-state index is 5.64. The van der Waals surface area contributed by atoms with Crippen molar-refractivity contribution in [2.75, 3.05) is 6.61 Å². The summed E-state index contributed by atoms with van der Waals surface area (Å²) in [4.78, 5) is 0. The van der Waals surface area contributed by atoms with Crippen LogP contribution in [0.15, 0.2) is 0 Å². The van der Waals surface area contributed by atoms with Crippen molar-refractivity contribution in [2.45, 2.75) is 84.7 Å². The molecule has 0 aliphatic heterocycles. The maximum Gasteiger partial charge on any atom is 0.0547 e. The highest BCUT2D eigenvalue weighted by molar-refractivity contribution is 4.52. The minimum atomic E-state index is 0.473. The Kier molecular flexibility index (Phi) is 12.0. The number of rotatable bonds is 11. The average Bonchev–Trinajstić information content (AvgIpc) is 2.25. The van der Waals surface area contributed by atoms with Gasteiger partial charge in [0.1, 0.15) is 0 Å². The van der Waals surface area contributed by atoms with E-state index in [2.05, 4.69) is 20.8 Å². The smallest absolute Gasteiger partial charge is 0.0547 e. The van der Waals surface area contributed by atoms with Crippen LogP contribution in [0, 0.1) is 0 Å². The summed E-state index contributed by atoms with van der Waals surface area (Å²) in [7, 11) is 0. The van der Waals surface area contributed by atoms with Crippen LogP contribution in [0.2, 0.25) is 0 Å². The predicted octanol–water partition coefficient (Wildman–Crippen LogP) is 4.94. The largest absolute Gasteiger partial charge is 0.379 e. The lowest BCUT2D eigenvalue weighted by molar-refractivity contribution is 0.0589. The monoisotopic (exact) mass is 214 g/mol. The predicted molar refractivity (Wildman–Crippen MR) is 68.3 cm³/mol. The lowest BCUT2D eigenvalue weighted by Gasteiger charge is -2.11. The van der Waals surface area contributed by atoms with E-state index in [9.17, 15) is 0 Å². The van der Waals surface area contributed by atoms with Crippen molar-refractivity contribution in [1.82, 2.24) is 0 Å². The molecule has 0 aromatic heterocycles. The molecule has 0 radical (unpaired) electrons. The molecule has 0 aromatic carbocycles. The van der Waals surface area contributed by atoms with E-state index in [1.54, 1.807) is 0 Å². The molecule has 0 bridgehead atoms. The highest BCUT2D eigenvalue weighted by Gasteiger charge is 2.00. The minimum absolute atomic E-state index is 0.473. The lowest BCUT2D eigenvalue weighted by atomic mass is 10.1. The summed E-state index contributed by atoms with van der Waals surface area (Å²) in [6, 6.07) is 0. The molecule has 15 heavy (non-hydrogen) atoms. The fourth-order valence-electron chi connectivity index (χ4n) is 1.79. The van der Waals surface area contributed by atoms with Gasteiger partial charge in [0.05, 0.1) is 6.10 Å². The van der Waals surface area contributed by atoms with Crippen LogP contribution in [0.4, 0.5) is 0 Å². The van der Waals surface area contributed by atoms with E-state index < -0.39 is 0 Å². The van der Waals surface area contributed by atoms with Crippen LogP contribution in [0.1, 0.15) is 78.6 Å². The molecule has 0 saturated heterocycles. The molecule has 0 amide bonds. The van der Waals surface area contributed by atoms with Crippen molar-refractivity contribution in [1.29, 1.82) is 0 Å². The van der Waals surface area contributed by atoms with Crippen molar-refractivity contribution in [3.63, 3.8) is 0 Å². The van der Waals surface area contributed by atoms with E-state index in [1.165, 1.54) is 51.4 Å². The maximum absolute atomic E-state index is 5.64. The molecule has 1 heteroatoms. The third-order valence-electron chi connectivity index (χ3n) is 2.82. The summed E-state index contributed by atoms with van der Waals surface area (Å²) in [6.07, 6.45) is 12.6. The molecule has 0 saturated carbocycles. The molecule has 0 aromatic rings. The first-order valence-electron chi connectivity index (χ1n) is 6.92. The van der Waals surface area contributed by atoms with Crippen LogP contribution in [-0.2, 0) is 4.74 Å². The SMILES string of the molecule is CCCCCCCCCC(C)OCCC. The van der Waals surface area contributed by atoms with Crippen LogP contribution in [-0.4, -0.2) is 12.7 Å². The average molecular weight is 214 g/mol. The Labute approximate surface area is 96.6 Å². The number of hydrogen-bond donors (Lipinski definition) is 0. The van der Waals surface area contributed by atoms with Crippen LogP contribution in [0.3, 0.4) is 0 Å². The molecule has 0 rings (SSSR count). The topological polar surface area (TPSA) is 9.23 Å². The van der Waals surface area contributed by atoms with Crippen LogP contribution < -0.4 is 0 Å². The number of ether oxygens (including phenoxy) is 1. The van der Waals surface area contributed by atoms with E-state index >= 15 is 0 Å². The Balaban J connectivity index is 3.02. The first-order valence-corrected chi connectivity index (χ1v) is 6.92. The number of hydrogen-bond acceptors (Lipinski definition) is 1. The van der Waals surface area contributed by atoms with Crippen LogP contribution in [0.5, 0.6) is 0 Å². The normalized spacial score (nSPS) is 13.0. The highest BCUT2D eigenvalue weighted by atomic mass is 16.5. The van der Waals surface area contributed by atoms with Gasteiger partial charge < -0.3 is 4.74 Å². The van der Waals surface area contributed by atoms with Gasteiger partial charge in [-0.05, 0) is 19.8 Å². The zero-order chi connectivity index (χ0) is 11.4. The van der Waals surface area contributed by atoms with Gasteiger partial charge >= 0.3 is 0 Å². The van der Waals surface area contributed by atoms with Crippen molar-refractivity contribution in [3.8, 4) is 0 Å². The van der Waals surface area contributed by atoms with E-state index in [-0.39, 0.29) is 0 Å². The summed E-state index contributed by atoms with van der Waals surface area (Å²) in [5.41, 5.74) is 0. The first-order chi connectivity index (χ1) is 7.31. The third kappa shape index (κ3) is 11.9. The molecule has 92 valence electrons. The van der Waals surface area contributed by atoms with Crippen LogP contribution in [0.25, 0.3) is 0 Å². The van der Waals surface area contributed by atoms with Gasteiger partial charge in [0.15, 0.2) is 0 Å². The zero-order valence-electron chi connectivity index (χ0n) is 11.1. The molecule has 0 aliphatic carbocycles. The van der Waals surface area contributed by atoms with Gasteiger partial charge in [-0.25, -0.2) is 0 Å². The van der Waals surface area contributed by atoms with E-state index in [0.29, 0.717) is 6.10 Å².